The van der Waals surface area contributed by atoms with Crippen LogP contribution in [0, 0.1) is 0 Å². The summed E-state index contributed by atoms with van der Waals surface area (Å²) < 4.78 is 13.9. The van der Waals surface area contributed by atoms with Crippen LogP contribution in [0.25, 0.3) is 0 Å². The molecular weight excluding hydrogens is 226 g/mol. The molecule has 0 aliphatic rings. The Kier molecular flexibility index (Phi) is 25.6. The minimum Gasteiger partial charge on any atom is -0.672 e. The predicted molar refractivity (Wildman–Crippen MR) is 41.4 cm³/mol. The SMILES string of the molecule is CCO[Si](C)(C)C.O=[Si]([O-])[O-].[Na+].[Na+]. The Balaban J connectivity index is -0.0000000600. The van der Waals surface area contributed by atoms with Crippen molar-refractivity contribution in [3.63, 3.8) is 0 Å². The van der Waals surface area contributed by atoms with Crippen LogP contribution in [0.2, 0.25) is 19.6 Å². The van der Waals surface area contributed by atoms with E-state index in [-0.39, 0.29) is 59.1 Å². The van der Waals surface area contributed by atoms with Crippen molar-refractivity contribution in [1.29, 1.82) is 0 Å². The minimum atomic E-state index is -3.63. The van der Waals surface area contributed by atoms with Crippen molar-refractivity contribution in [1.82, 2.24) is 0 Å². The average Bonchev–Trinajstić information content (AvgIpc) is 1.58. The zero-order valence-electron chi connectivity index (χ0n) is 9.34. The van der Waals surface area contributed by atoms with E-state index in [4.69, 9.17) is 18.5 Å². The fraction of sp³-hybridized carbons (Fsp3) is 1.00. The van der Waals surface area contributed by atoms with E-state index in [0.717, 1.165) is 6.61 Å². The van der Waals surface area contributed by atoms with Crippen LogP contribution in [0.5, 0.6) is 0 Å². The molecule has 0 spiro atoms. The second-order valence-electron chi connectivity index (χ2n) is 2.80. The van der Waals surface area contributed by atoms with Gasteiger partial charge >= 0.3 is 59.1 Å². The molecule has 0 aromatic rings. The molecule has 68 valence electrons. The van der Waals surface area contributed by atoms with Crippen molar-refractivity contribution >= 4 is 17.5 Å². The summed E-state index contributed by atoms with van der Waals surface area (Å²) in [5.41, 5.74) is 0. The Morgan fingerprint density at radius 2 is 1.46 bits per heavy atom. The molecule has 0 unspecified atom stereocenters. The third kappa shape index (κ3) is 57.2. The predicted octanol–water partition coefficient (Wildman–Crippen LogP) is -7.01. The molecule has 0 N–H and O–H groups in total. The summed E-state index contributed by atoms with van der Waals surface area (Å²) >= 11 is 0. The van der Waals surface area contributed by atoms with Crippen molar-refractivity contribution in [3.05, 3.63) is 0 Å². The average molecular weight is 240 g/mol. The maximum absolute atomic E-state index is 8.52. The Morgan fingerprint density at radius 1 is 1.23 bits per heavy atom. The first-order valence-corrected chi connectivity index (χ1v) is 7.95. The van der Waals surface area contributed by atoms with Crippen LogP contribution in [-0.4, -0.2) is 24.1 Å². The molecule has 0 rings (SSSR count). The summed E-state index contributed by atoms with van der Waals surface area (Å²) in [7, 11) is -4.79. The Hall–Kier alpha value is 1.79. The van der Waals surface area contributed by atoms with Crippen molar-refractivity contribution < 1.29 is 77.6 Å². The van der Waals surface area contributed by atoms with Gasteiger partial charge < -0.3 is 18.5 Å². The van der Waals surface area contributed by atoms with E-state index >= 15 is 0 Å². The van der Waals surface area contributed by atoms with Gasteiger partial charge in [0.2, 0.25) is 0 Å². The van der Waals surface area contributed by atoms with Gasteiger partial charge in [-0.15, -0.1) is 0 Å². The Labute approximate surface area is 127 Å². The molecule has 4 nitrogen and oxygen atoms in total. The maximum Gasteiger partial charge on any atom is 1.00 e. The van der Waals surface area contributed by atoms with Gasteiger partial charge in [-0.25, -0.2) is 0 Å². The smallest absolute Gasteiger partial charge is 0.672 e. The van der Waals surface area contributed by atoms with Crippen molar-refractivity contribution in [2.45, 2.75) is 26.6 Å². The topological polar surface area (TPSA) is 72.4 Å². The van der Waals surface area contributed by atoms with E-state index in [9.17, 15) is 0 Å². The fourth-order valence-corrected chi connectivity index (χ4v) is 1.30. The largest absolute Gasteiger partial charge is 1.00 e. The quantitative estimate of drug-likeness (QED) is 0.450. The van der Waals surface area contributed by atoms with Gasteiger partial charge in [-0.1, -0.05) is 0 Å². The van der Waals surface area contributed by atoms with E-state index in [0.29, 0.717) is 0 Å². The molecule has 0 amide bonds. The van der Waals surface area contributed by atoms with Crippen LogP contribution in [0.3, 0.4) is 0 Å². The molecule has 0 heterocycles. The second-order valence-corrected chi connectivity index (χ2v) is 7.81. The van der Waals surface area contributed by atoms with Gasteiger partial charge in [0, 0.05) is 15.8 Å². The zero-order valence-corrected chi connectivity index (χ0v) is 15.3. The van der Waals surface area contributed by atoms with E-state index in [1.807, 2.05) is 6.92 Å². The molecular formula is C5H14Na2O4Si2. The second kappa shape index (κ2) is 13.8. The molecule has 0 saturated heterocycles. The van der Waals surface area contributed by atoms with Crippen LogP contribution < -0.4 is 68.7 Å². The van der Waals surface area contributed by atoms with Crippen molar-refractivity contribution in [2.75, 3.05) is 6.61 Å². The van der Waals surface area contributed by atoms with E-state index < -0.39 is 17.5 Å². The summed E-state index contributed by atoms with van der Waals surface area (Å²) in [5, 5.41) is 0. The van der Waals surface area contributed by atoms with Gasteiger partial charge in [0.05, 0.1) is 0 Å². The van der Waals surface area contributed by atoms with Crippen LogP contribution in [-0.2, 0) is 8.89 Å². The molecule has 0 atom stereocenters. The molecule has 0 aliphatic carbocycles. The van der Waals surface area contributed by atoms with Crippen LogP contribution in [0.1, 0.15) is 6.92 Å². The van der Waals surface area contributed by atoms with Gasteiger partial charge in [-0.3, -0.25) is 0 Å². The van der Waals surface area contributed by atoms with E-state index in [1.165, 1.54) is 0 Å². The summed E-state index contributed by atoms with van der Waals surface area (Å²) in [4.78, 5) is 17.0. The van der Waals surface area contributed by atoms with Gasteiger partial charge in [-0.05, 0) is 26.6 Å². The minimum absolute atomic E-state index is 0. The number of hydrogen-bond acceptors (Lipinski definition) is 4. The standard InChI is InChI=1S/C5H14OSi.2Na.O3Si/c1-5-6-7(2,3)4;;;1-4(2)3/h5H2,1-4H3;;;/q;2*+1;-2. The molecule has 13 heavy (non-hydrogen) atoms. The monoisotopic (exact) mass is 240 g/mol. The van der Waals surface area contributed by atoms with Crippen molar-refractivity contribution in [2.24, 2.45) is 0 Å². The van der Waals surface area contributed by atoms with Gasteiger partial charge in [-0.2, -0.15) is 0 Å². The van der Waals surface area contributed by atoms with Crippen LogP contribution in [0.15, 0.2) is 0 Å². The normalized spacial score (nSPS) is 8.31. The van der Waals surface area contributed by atoms with Crippen LogP contribution >= 0.6 is 0 Å². The van der Waals surface area contributed by atoms with Gasteiger partial charge in [0.25, 0.3) is 0 Å². The molecule has 0 bridgehead atoms. The summed E-state index contributed by atoms with van der Waals surface area (Å²) in [6, 6.07) is 0. The zero-order chi connectivity index (χ0) is 9.49. The number of hydrogen-bond donors (Lipinski definition) is 0. The first-order valence-electron chi connectivity index (χ1n) is 3.31. The molecule has 8 heteroatoms. The van der Waals surface area contributed by atoms with Gasteiger partial charge in [0.15, 0.2) is 8.32 Å². The molecule has 0 saturated carbocycles. The summed E-state index contributed by atoms with van der Waals surface area (Å²) in [6.45, 7) is 9.48. The maximum atomic E-state index is 8.52. The third-order valence-corrected chi connectivity index (χ3v) is 1.73. The van der Waals surface area contributed by atoms with Gasteiger partial charge in [0.1, 0.15) is 0 Å². The van der Waals surface area contributed by atoms with E-state index in [1.54, 1.807) is 0 Å². The Morgan fingerprint density at radius 3 is 1.46 bits per heavy atom. The molecule has 0 aliphatic heterocycles. The first-order chi connectivity index (χ1) is 4.79. The first kappa shape index (κ1) is 24.2. The third-order valence-electron chi connectivity index (χ3n) is 0.577. The van der Waals surface area contributed by atoms with Crippen molar-refractivity contribution in [3.8, 4) is 0 Å². The molecule has 0 aromatic heterocycles. The van der Waals surface area contributed by atoms with Crippen LogP contribution in [0.4, 0.5) is 0 Å². The molecule has 0 aromatic carbocycles. The molecule has 0 radical (unpaired) electrons. The van der Waals surface area contributed by atoms with E-state index in [2.05, 4.69) is 19.6 Å². The fourth-order valence-electron chi connectivity index (χ4n) is 0.433. The number of rotatable bonds is 2. The summed E-state index contributed by atoms with van der Waals surface area (Å²) in [5.74, 6) is 0. The summed E-state index contributed by atoms with van der Waals surface area (Å²) in [6.07, 6.45) is 0. The molecule has 0 fully saturated rings. The Bertz CT molecular complexity index is 114.